The van der Waals surface area contributed by atoms with Crippen molar-refractivity contribution in [2.24, 2.45) is 11.7 Å². The number of nitrogens with two attached hydrogens (primary N) is 1. The molecule has 0 saturated heterocycles. The molecule has 1 aliphatic rings. The Morgan fingerprint density at radius 2 is 2.18 bits per heavy atom. The van der Waals surface area contributed by atoms with Crippen LogP contribution in [0.4, 0.5) is 0 Å². The maximum atomic E-state index is 12.0. The third kappa shape index (κ3) is 5.02. The molecule has 0 bridgehead atoms. The van der Waals surface area contributed by atoms with Crippen molar-refractivity contribution >= 4 is 5.91 Å². The SMILES string of the molecule is CCCOc1ccccc1CCCNC(=O)[C@@H]1CC[C@H](N)C1. The van der Waals surface area contributed by atoms with Crippen LogP contribution < -0.4 is 15.8 Å². The van der Waals surface area contributed by atoms with Crippen LogP contribution in [0.1, 0.15) is 44.6 Å². The summed E-state index contributed by atoms with van der Waals surface area (Å²) in [5, 5.41) is 3.04. The molecule has 4 nitrogen and oxygen atoms in total. The first-order chi connectivity index (χ1) is 10.7. The molecule has 1 saturated carbocycles. The van der Waals surface area contributed by atoms with Gasteiger partial charge in [0.15, 0.2) is 0 Å². The quantitative estimate of drug-likeness (QED) is 0.726. The van der Waals surface area contributed by atoms with Crippen molar-refractivity contribution in [2.45, 2.75) is 51.5 Å². The topological polar surface area (TPSA) is 64.3 Å². The summed E-state index contributed by atoms with van der Waals surface area (Å²) in [6, 6.07) is 8.36. The molecule has 1 aromatic carbocycles. The number of ether oxygens (including phenoxy) is 1. The summed E-state index contributed by atoms with van der Waals surface area (Å²) in [5.41, 5.74) is 7.07. The van der Waals surface area contributed by atoms with Crippen LogP contribution in [-0.4, -0.2) is 25.1 Å². The first kappa shape index (κ1) is 16.8. The number of nitrogens with one attached hydrogen (secondary N) is 1. The summed E-state index contributed by atoms with van der Waals surface area (Å²) >= 11 is 0. The summed E-state index contributed by atoms with van der Waals surface area (Å²) < 4.78 is 5.76. The molecule has 0 radical (unpaired) electrons. The zero-order valence-corrected chi connectivity index (χ0v) is 13.5. The van der Waals surface area contributed by atoms with E-state index in [1.165, 1.54) is 5.56 Å². The molecule has 1 aliphatic carbocycles. The Bertz CT molecular complexity index is 476. The molecule has 0 heterocycles. The van der Waals surface area contributed by atoms with Gasteiger partial charge in [0.1, 0.15) is 5.75 Å². The maximum absolute atomic E-state index is 12.0. The van der Waals surface area contributed by atoms with E-state index in [9.17, 15) is 4.79 Å². The number of benzene rings is 1. The van der Waals surface area contributed by atoms with Gasteiger partial charge in [-0.25, -0.2) is 0 Å². The number of amides is 1. The summed E-state index contributed by atoms with van der Waals surface area (Å²) in [4.78, 5) is 12.0. The van der Waals surface area contributed by atoms with E-state index in [2.05, 4.69) is 18.3 Å². The third-order valence-electron chi connectivity index (χ3n) is 4.20. The third-order valence-corrected chi connectivity index (χ3v) is 4.20. The molecule has 0 aromatic heterocycles. The molecule has 3 N–H and O–H groups in total. The molecule has 1 aromatic rings. The van der Waals surface area contributed by atoms with E-state index in [1.807, 2.05) is 18.2 Å². The Balaban J connectivity index is 1.71. The minimum atomic E-state index is 0.121. The normalized spacial score (nSPS) is 20.8. The molecule has 22 heavy (non-hydrogen) atoms. The van der Waals surface area contributed by atoms with E-state index in [0.717, 1.165) is 50.9 Å². The second kappa shape index (κ2) is 8.79. The number of hydrogen-bond acceptors (Lipinski definition) is 3. The lowest BCUT2D eigenvalue weighted by atomic mass is 10.1. The fourth-order valence-corrected chi connectivity index (χ4v) is 2.95. The van der Waals surface area contributed by atoms with Crippen molar-refractivity contribution < 1.29 is 9.53 Å². The van der Waals surface area contributed by atoms with Crippen molar-refractivity contribution in [3.05, 3.63) is 29.8 Å². The fraction of sp³-hybridized carbons (Fsp3) is 0.611. The molecule has 1 fully saturated rings. The van der Waals surface area contributed by atoms with Crippen LogP contribution in [0.2, 0.25) is 0 Å². The standard InChI is InChI=1S/C18H28N2O2/c1-2-12-22-17-8-4-3-6-14(17)7-5-11-20-18(21)15-9-10-16(19)13-15/h3-4,6,8,15-16H,2,5,7,9-13,19H2,1H3,(H,20,21)/t15-,16+/m1/s1. The summed E-state index contributed by atoms with van der Waals surface area (Å²) in [6.07, 6.45) is 5.59. The molecule has 0 spiro atoms. The molecular formula is C18H28N2O2. The predicted octanol–water partition coefficient (Wildman–Crippen LogP) is 2.65. The Hall–Kier alpha value is -1.55. The van der Waals surface area contributed by atoms with Crippen molar-refractivity contribution in [1.82, 2.24) is 5.32 Å². The van der Waals surface area contributed by atoms with Crippen LogP contribution in [0.15, 0.2) is 24.3 Å². The van der Waals surface area contributed by atoms with Gasteiger partial charge in [0.25, 0.3) is 0 Å². The largest absolute Gasteiger partial charge is 0.493 e. The highest BCUT2D eigenvalue weighted by molar-refractivity contribution is 5.78. The Morgan fingerprint density at radius 1 is 1.36 bits per heavy atom. The molecule has 4 heteroatoms. The number of hydrogen-bond donors (Lipinski definition) is 2. The lowest BCUT2D eigenvalue weighted by Crippen LogP contribution is -2.31. The number of rotatable bonds is 8. The molecule has 2 rings (SSSR count). The van der Waals surface area contributed by atoms with Gasteiger partial charge in [-0.3, -0.25) is 4.79 Å². The second-order valence-electron chi connectivity index (χ2n) is 6.12. The first-order valence-corrected chi connectivity index (χ1v) is 8.44. The molecule has 0 aliphatic heterocycles. The van der Waals surface area contributed by atoms with Crippen LogP contribution in [0.5, 0.6) is 5.75 Å². The number of carbonyl (C=O) groups excluding carboxylic acids is 1. The minimum absolute atomic E-state index is 0.121. The van der Waals surface area contributed by atoms with Crippen molar-refractivity contribution in [2.75, 3.05) is 13.2 Å². The van der Waals surface area contributed by atoms with E-state index in [-0.39, 0.29) is 17.9 Å². The molecule has 1 amide bonds. The second-order valence-corrected chi connectivity index (χ2v) is 6.12. The highest BCUT2D eigenvalue weighted by Gasteiger charge is 2.27. The molecule has 0 unspecified atom stereocenters. The Morgan fingerprint density at radius 3 is 2.91 bits per heavy atom. The van der Waals surface area contributed by atoms with Gasteiger partial charge in [-0.2, -0.15) is 0 Å². The highest BCUT2D eigenvalue weighted by Crippen LogP contribution is 2.24. The van der Waals surface area contributed by atoms with E-state index in [0.29, 0.717) is 6.54 Å². The van der Waals surface area contributed by atoms with E-state index in [4.69, 9.17) is 10.5 Å². The van der Waals surface area contributed by atoms with Gasteiger partial charge >= 0.3 is 0 Å². The maximum Gasteiger partial charge on any atom is 0.223 e. The van der Waals surface area contributed by atoms with Gasteiger partial charge in [0, 0.05) is 18.5 Å². The predicted molar refractivity (Wildman–Crippen MR) is 88.9 cm³/mol. The van der Waals surface area contributed by atoms with Crippen LogP contribution in [-0.2, 0) is 11.2 Å². The molecule has 122 valence electrons. The Kier molecular flexibility index (Phi) is 6.72. The zero-order chi connectivity index (χ0) is 15.8. The van der Waals surface area contributed by atoms with Gasteiger partial charge in [-0.15, -0.1) is 0 Å². The zero-order valence-electron chi connectivity index (χ0n) is 13.5. The van der Waals surface area contributed by atoms with E-state index < -0.39 is 0 Å². The monoisotopic (exact) mass is 304 g/mol. The van der Waals surface area contributed by atoms with Crippen molar-refractivity contribution in [3.8, 4) is 5.75 Å². The summed E-state index contributed by atoms with van der Waals surface area (Å²) in [7, 11) is 0. The average Bonchev–Trinajstić information content (AvgIpc) is 2.97. The van der Waals surface area contributed by atoms with Gasteiger partial charge in [-0.05, 0) is 50.2 Å². The van der Waals surface area contributed by atoms with Crippen molar-refractivity contribution in [1.29, 1.82) is 0 Å². The lowest BCUT2D eigenvalue weighted by Gasteiger charge is -2.12. The lowest BCUT2D eigenvalue weighted by molar-refractivity contribution is -0.124. The minimum Gasteiger partial charge on any atom is -0.493 e. The van der Waals surface area contributed by atoms with Crippen LogP contribution in [0, 0.1) is 5.92 Å². The number of para-hydroxylation sites is 1. The van der Waals surface area contributed by atoms with Crippen LogP contribution >= 0.6 is 0 Å². The Labute approximate surface area is 133 Å². The fourth-order valence-electron chi connectivity index (χ4n) is 2.95. The molecular weight excluding hydrogens is 276 g/mol. The van der Waals surface area contributed by atoms with Gasteiger partial charge in [-0.1, -0.05) is 25.1 Å². The van der Waals surface area contributed by atoms with Gasteiger partial charge < -0.3 is 15.8 Å². The smallest absolute Gasteiger partial charge is 0.223 e. The average molecular weight is 304 g/mol. The van der Waals surface area contributed by atoms with Crippen LogP contribution in [0.3, 0.4) is 0 Å². The van der Waals surface area contributed by atoms with Gasteiger partial charge in [0.2, 0.25) is 5.91 Å². The van der Waals surface area contributed by atoms with E-state index in [1.54, 1.807) is 0 Å². The van der Waals surface area contributed by atoms with Crippen LogP contribution in [0.25, 0.3) is 0 Å². The number of carbonyl (C=O) groups is 1. The van der Waals surface area contributed by atoms with Gasteiger partial charge in [0.05, 0.1) is 6.61 Å². The summed E-state index contributed by atoms with van der Waals surface area (Å²) in [6.45, 7) is 3.56. The molecule has 2 atom stereocenters. The van der Waals surface area contributed by atoms with Crippen molar-refractivity contribution in [3.63, 3.8) is 0 Å². The summed E-state index contributed by atoms with van der Waals surface area (Å²) in [5.74, 6) is 1.26. The van der Waals surface area contributed by atoms with E-state index >= 15 is 0 Å². The highest BCUT2D eigenvalue weighted by atomic mass is 16.5. The number of aryl methyl sites for hydroxylation is 1. The first-order valence-electron chi connectivity index (χ1n) is 8.44.